The SMILES string of the molecule is Cc1ccc2nc(-c3ccccc3)c(Br)c(-c3ccccc3)c2c1. The van der Waals surface area contributed by atoms with E-state index < -0.39 is 0 Å². The minimum absolute atomic E-state index is 0.978. The molecule has 4 aromatic rings. The molecular weight excluding hydrogens is 358 g/mol. The Balaban J connectivity index is 2.11. The van der Waals surface area contributed by atoms with Gasteiger partial charge in [0.05, 0.1) is 15.7 Å². The molecular formula is C22H16BrN. The van der Waals surface area contributed by atoms with Gasteiger partial charge in [0.25, 0.3) is 0 Å². The van der Waals surface area contributed by atoms with E-state index in [4.69, 9.17) is 4.98 Å². The van der Waals surface area contributed by atoms with Crippen molar-refractivity contribution in [1.29, 1.82) is 0 Å². The molecule has 0 aliphatic heterocycles. The zero-order valence-corrected chi connectivity index (χ0v) is 14.9. The summed E-state index contributed by atoms with van der Waals surface area (Å²) in [6.07, 6.45) is 0. The Morgan fingerprint density at radius 1 is 0.750 bits per heavy atom. The number of halogens is 1. The Bertz CT molecular complexity index is 1010. The van der Waals surface area contributed by atoms with E-state index in [0.717, 1.165) is 21.2 Å². The van der Waals surface area contributed by atoms with Crippen LogP contribution in [0.15, 0.2) is 83.3 Å². The maximum atomic E-state index is 4.93. The first-order chi connectivity index (χ1) is 11.7. The molecule has 1 aromatic heterocycles. The predicted octanol–water partition coefficient (Wildman–Crippen LogP) is 6.64. The number of hydrogen-bond donors (Lipinski definition) is 0. The molecule has 0 aliphatic carbocycles. The zero-order chi connectivity index (χ0) is 16.5. The van der Waals surface area contributed by atoms with Crippen LogP contribution in [-0.2, 0) is 0 Å². The number of fused-ring (bicyclic) bond motifs is 1. The number of nitrogens with zero attached hydrogens (tertiary/aromatic N) is 1. The molecule has 1 heterocycles. The topological polar surface area (TPSA) is 12.9 Å². The van der Waals surface area contributed by atoms with Crippen LogP contribution in [-0.4, -0.2) is 4.98 Å². The van der Waals surface area contributed by atoms with Crippen LogP contribution in [0.4, 0.5) is 0 Å². The van der Waals surface area contributed by atoms with Gasteiger partial charge in [-0.3, -0.25) is 0 Å². The highest BCUT2D eigenvalue weighted by molar-refractivity contribution is 9.10. The van der Waals surface area contributed by atoms with E-state index in [1.165, 1.54) is 22.1 Å². The van der Waals surface area contributed by atoms with Crippen molar-refractivity contribution in [2.75, 3.05) is 0 Å². The van der Waals surface area contributed by atoms with Crippen molar-refractivity contribution in [3.8, 4) is 22.4 Å². The van der Waals surface area contributed by atoms with Gasteiger partial charge >= 0.3 is 0 Å². The summed E-state index contributed by atoms with van der Waals surface area (Å²) in [6, 6.07) is 27.3. The molecule has 1 nitrogen and oxygen atoms in total. The lowest BCUT2D eigenvalue weighted by Crippen LogP contribution is -1.93. The Kier molecular flexibility index (Phi) is 3.91. The lowest BCUT2D eigenvalue weighted by Gasteiger charge is -2.14. The summed E-state index contributed by atoms with van der Waals surface area (Å²) in [7, 11) is 0. The lowest BCUT2D eigenvalue weighted by atomic mass is 9.97. The van der Waals surface area contributed by atoms with Crippen LogP contribution >= 0.6 is 15.9 Å². The smallest absolute Gasteiger partial charge is 0.0857 e. The molecule has 0 saturated heterocycles. The van der Waals surface area contributed by atoms with Gasteiger partial charge in [0.1, 0.15) is 0 Å². The van der Waals surface area contributed by atoms with Crippen molar-refractivity contribution < 1.29 is 0 Å². The van der Waals surface area contributed by atoms with E-state index >= 15 is 0 Å². The van der Waals surface area contributed by atoms with Crippen LogP contribution in [0, 0.1) is 6.92 Å². The standard InChI is InChI=1S/C22H16BrN/c1-15-12-13-19-18(14-15)20(16-8-4-2-5-9-16)21(23)22(24-19)17-10-6-3-7-11-17/h2-14H,1H3. The molecule has 0 amide bonds. The fraction of sp³-hybridized carbons (Fsp3) is 0.0455. The van der Waals surface area contributed by atoms with Crippen molar-refractivity contribution in [2.45, 2.75) is 6.92 Å². The van der Waals surface area contributed by atoms with Gasteiger partial charge in [-0.2, -0.15) is 0 Å². The number of benzene rings is 3. The number of aromatic nitrogens is 1. The first kappa shape index (κ1) is 15.1. The highest BCUT2D eigenvalue weighted by Gasteiger charge is 2.16. The Labute approximate surface area is 150 Å². The van der Waals surface area contributed by atoms with Gasteiger partial charge in [-0.15, -0.1) is 0 Å². The third-order valence-electron chi connectivity index (χ3n) is 4.19. The summed E-state index contributed by atoms with van der Waals surface area (Å²) >= 11 is 3.84. The molecule has 2 heteroatoms. The molecule has 0 aliphatic rings. The number of aryl methyl sites for hydroxylation is 1. The van der Waals surface area contributed by atoms with E-state index in [-0.39, 0.29) is 0 Å². The van der Waals surface area contributed by atoms with Crippen LogP contribution < -0.4 is 0 Å². The minimum atomic E-state index is 0.978. The van der Waals surface area contributed by atoms with E-state index in [2.05, 4.69) is 77.5 Å². The summed E-state index contributed by atoms with van der Waals surface area (Å²) in [6.45, 7) is 2.12. The summed E-state index contributed by atoms with van der Waals surface area (Å²) in [5.74, 6) is 0. The zero-order valence-electron chi connectivity index (χ0n) is 13.3. The van der Waals surface area contributed by atoms with Gasteiger partial charge in [-0.25, -0.2) is 4.98 Å². The summed E-state index contributed by atoms with van der Waals surface area (Å²) in [4.78, 5) is 4.93. The third kappa shape index (κ3) is 2.63. The number of pyridine rings is 1. The van der Waals surface area contributed by atoms with Crippen molar-refractivity contribution in [1.82, 2.24) is 4.98 Å². The molecule has 0 unspecified atom stereocenters. The summed E-state index contributed by atoms with van der Waals surface area (Å²) < 4.78 is 1.04. The van der Waals surface area contributed by atoms with Crippen LogP contribution in [0.25, 0.3) is 33.3 Å². The van der Waals surface area contributed by atoms with Gasteiger partial charge in [0, 0.05) is 16.5 Å². The van der Waals surface area contributed by atoms with Gasteiger partial charge in [0.15, 0.2) is 0 Å². The number of rotatable bonds is 2. The highest BCUT2D eigenvalue weighted by atomic mass is 79.9. The molecule has 0 N–H and O–H groups in total. The normalized spacial score (nSPS) is 10.9. The third-order valence-corrected chi connectivity index (χ3v) is 4.96. The monoisotopic (exact) mass is 373 g/mol. The largest absolute Gasteiger partial charge is 0.247 e. The average molecular weight is 374 g/mol. The first-order valence-corrected chi connectivity index (χ1v) is 8.74. The van der Waals surface area contributed by atoms with Crippen molar-refractivity contribution in [2.24, 2.45) is 0 Å². The van der Waals surface area contributed by atoms with E-state index in [9.17, 15) is 0 Å². The summed E-state index contributed by atoms with van der Waals surface area (Å²) in [5, 5.41) is 1.17. The minimum Gasteiger partial charge on any atom is -0.247 e. The van der Waals surface area contributed by atoms with Gasteiger partial charge < -0.3 is 0 Å². The molecule has 0 atom stereocenters. The maximum Gasteiger partial charge on any atom is 0.0857 e. The van der Waals surface area contributed by atoms with Crippen molar-refractivity contribution in [3.05, 3.63) is 88.9 Å². The molecule has 4 rings (SSSR count). The van der Waals surface area contributed by atoms with E-state index in [1.807, 2.05) is 24.3 Å². The molecule has 0 spiro atoms. The van der Waals surface area contributed by atoms with Crippen LogP contribution in [0.3, 0.4) is 0 Å². The van der Waals surface area contributed by atoms with E-state index in [0.29, 0.717) is 0 Å². The Morgan fingerprint density at radius 3 is 2.04 bits per heavy atom. The average Bonchev–Trinajstić information content (AvgIpc) is 2.63. The lowest BCUT2D eigenvalue weighted by molar-refractivity contribution is 1.36. The second-order valence-corrected chi connectivity index (χ2v) is 6.70. The number of hydrogen-bond acceptors (Lipinski definition) is 1. The van der Waals surface area contributed by atoms with Crippen LogP contribution in [0.1, 0.15) is 5.56 Å². The van der Waals surface area contributed by atoms with E-state index in [1.54, 1.807) is 0 Å². The molecule has 0 bridgehead atoms. The quantitative estimate of drug-likeness (QED) is 0.383. The molecule has 116 valence electrons. The van der Waals surface area contributed by atoms with Gasteiger partial charge in [0.2, 0.25) is 0 Å². The second kappa shape index (κ2) is 6.21. The molecule has 0 saturated carbocycles. The van der Waals surface area contributed by atoms with Crippen LogP contribution in [0.2, 0.25) is 0 Å². The Hall–Kier alpha value is -2.45. The van der Waals surface area contributed by atoms with Crippen molar-refractivity contribution in [3.63, 3.8) is 0 Å². The second-order valence-electron chi connectivity index (χ2n) is 5.90. The first-order valence-electron chi connectivity index (χ1n) is 7.95. The molecule has 0 fully saturated rings. The molecule has 3 aromatic carbocycles. The fourth-order valence-electron chi connectivity index (χ4n) is 3.03. The van der Waals surface area contributed by atoms with Gasteiger partial charge in [-0.1, -0.05) is 72.3 Å². The maximum absolute atomic E-state index is 4.93. The predicted molar refractivity (Wildman–Crippen MR) is 105 cm³/mol. The van der Waals surface area contributed by atoms with Crippen LogP contribution in [0.5, 0.6) is 0 Å². The molecule has 24 heavy (non-hydrogen) atoms. The highest BCUT2D eigenvalue weighted by Crippen LogP contribution is 2.40. The summed E-state index contributed by atoms with van der Waals surface area (Å²) in [5.41, 5.74) is 6.74. The fourth-order valence-corrected chi connectivity index (χ4v) is 3.79. The molecule has 0 radical (unpaired) electrons. The Morgan fingerprint density at radius 2 is 1.38 bits per heavy atom. The van der Waals surface area contributed by atoms with Gasteiger partial charge in [-0.05, 0) is 40.5 Å². The van der Waals surface area contributed by atoms with Crippen molar-refractivity contribution >= 4 is 26.8 Å².